The molecule has 2 heterocycles. The summed E-state index contributed by atoms with van der Waals surface area (Å²) in [6, 6.07) is 0. The molecule has 9 N–H and O–H groups in total. The average molecular weight is 910 g/mol. The number of β-amino-alcohol motifs (C(OH)–C–C–N with tert-alkyl or cyclic N) is 2. The van der Waals surface area contributed by atoms with Crippen LogP contribution in [0, 0.1) is 0 Å². The molecule has 63 heavy (non-hydrogen) atoms. The standard InChI is InChI=1S/C38H71N9O16/c48-18-20-63-19-17-47(23-31(49)21-39-1-5-41(25-33(51)52)9-13-45(29-37(59)60)14-10-42(6-2-39)26-34(53)54)24-32(50)22-40-3-7-43(27-35(55)56)11-15-46(30-38(61)62)16-12-44(8-4-40)28-36(57)58/h31-32,48-50H,1-30H2,(H,51,52)(H,53,54)(H,55,56)(H,57,58)(H,59,60)(H,61,62). The Labute approximate surface area is 367 Å². The molecule has 0 bridgehead atoms. The van der Waals surface area contributed by atoms with E-state index in [4.69, 9.17) is 4.74 Å². The first kappa shape index (κ1) is 55.4. The van der Waals surface area contributed by atoms with Gasteiger partial charge < -0.3 is 50.7 Å². The fraction of sp³-hybridized carbons (Fsp3) is 0.842. The highest BCUT2D eigenvalue weighted by Gasteiger charge is 2.25. The van der Waals surface area contributed by atoms with Crippen molar-refractivity contribution in [2.45, 2.75) is 12.2 Å². The Kier molecular flexibility index (Phi) is 27.5. The predicted octanol–water partition coefficient (Wildman–Crippen LogP) is -6.03. The number of nitrogens with zero attached hydrogens (tertiary/aromatic N) is 9. The van der Waals surface area contributed by atoms with E-state index < -0.39 is 48.0 Å². The van der Waals surface area contributed by atoms with E-state index in [2.05, 4.69) is 0 Å². The molecule has 364 valence electrons. The smallest absolute Gasteiger partial charge is 0.317 e. The van der Waals surface area contributed by atoms with Crippen LogP contribution in [0.2, 0.25) is 0 Å². The predicted molar refractivity (Wildman–Crippen MR) is 224 cm³/mol. The fourth-order valence-electron chi connectivity index (χ4n) is 7.54. The summed E-state index contributed by atoms with van der Waals surface area (Å²) in [5.74, 6) is -6.36. The van der Waals surface area contributed by atoms with Crippen LogP contribution >= 0.6 is 0 Å². The van der Waals surface area contributed by atoms with Gasteiger partial charge in [-0.25, -0.2) is 0 Å². The molecule has 2 aliphatic heterocycles. The number of carboxylic acid groups (broad SMARTS) is 6. The summed E-state index contributed by atoms with van der Waals surface area (Å²) in [6.07, 6.45) is -2.02. The van der Waals surface area contributed by atoms with Crippen LogP contribution in [0.25, 0.3) is 0 Å². The molecule has 2 aliphatic rings. The largest absolute Gasteiger partial charge is 0.480 e. The van der Waals surface area contributed by atoms with E-state index in [1.54, 1.807) is 34.3 Å². The van der Waals surface area contributed by atoms with Crippen LogP contribution in [0.15, 0.2) is 0 Å². The lowest BCUT2D eigenvalue weighted by atomic mass is 10.2. The highest BCUT2D eigenvalue weighted by Crippen LogP contribution is 2.07. The number of rotatable bonds is 25. The first-order valence-corrected chi connectivity index (χ1v) is 21.3. The van der Waals surface area contributed by atoms with Crippen molar-refractivity contribution in [2.75, 3.05) is 197 Å². The van der Waals surface area contributed by atoms with Crippen molar-refractivity contribution < 1.29 is 79.5 Å². The van der Waals surface area contributed by atoms with Gasteiger partial charge in [-0.1, -0.05) is 0 Å². The normalized spacial score (nSPS) is 20.2. The lowest BCUT2D eigenvalue weighted by molar-refractivity contribution is -0.140. The monoisotopic (exact) mass is 910 g/mol. The van der Waals surface area contributed by atoms with Gasteiger partial charge in [0.15, 0.2) is 0 Å². The zero-order valence-electron chi connectivity index (χ0n) is 36.3. The summed E-state index contributed by atoms with van der Waals surface area (Å²) in [5, 5.41) is 89.4. The van der Waals surface area contributed by atoms with E-state index in [1.165, 1.54) is 0 Å². The number of hydrogen-bond donors (Lipinski definition) is 9. The third-order valence-electron chi connectivity index (χ3n) is 10.7. The SMILES string of the molecule is O=C(O)CN1CCN(CC(=O)O)CCN(CC(O)CN(CCOCCO)CC(O)CN2CCN(CC(=O)O)CCN(CC(=O)O)CCN(CC(=O)O)CC2)CCN(CC(=O)O)CC1. The van der Waals surface area contributed by atoms with Crippen LogP contribution in [-0.4, -0.2) is 335 Å². The van der Waals surface area contributed by atoms with E-state index in [1.807, 2.05) is 9.80 Å². The summed E-state index contributed by atoms with van der Waals surface area (Å²) in [4.78, 5) is 85.5. The third-order valence-corrected chi connectivity index (χ3v) is 10.7. The molecule has 0 radical (unpaired) electrons. The van der Waals surface area contributed by atoms with Gasteiger partial charge >= 0.3 is 35.8 Å². The number of carbonyl (C=O) groups is 6. The van der Waals surface area contributed by atoms with Crippen molar-refractivity contribution in [1.29, 1.82) is 0 Å². The van der Waals surface area contributed by atoms with E-state index in [9.17, 15) is 74.7 Å². The second kappa shape index (κ2) is 31.2. The number of aliphatic hydroxyl groups excluding tert-OH is 3. The lowest BCUT2D eigenvalue weighted by Gasteiger charge is -2.35. The van der Waals surface area contributed by atoms with Crippen molar-refractivity contribution in [3.05, 3.63) is 0 Å². The van der Waals surface area contributed by atoms with Gasteiger partial charge in [0.2, 0.25) is 0 Å². The lowest BCUT2D eigenvalue weighted by Crippen LogP contribution is -2.51. The van der Waals surface area contributed by atoms with Crippen molar-refractivity contribution in [3.63, 3.8) is 0 Å². The molecule has 0 aromatic carbocycles. The van der Waals surface area contributed by atoms with Crippen molar-refractivity contribution in [3.8, 4) is 0 Å². The minimum Gasteiger partial charge on any atom is -0.480 e. The molecular weight excluding hydrogens is 838 g/mol. The number of aliphatic carboxylic acids is 6. The van der Waals surface area contributed by atoms with Crippen LogP contribution in [-0.2, 0) is 33.5 Å². The maximum absolute atomic E-state index is 11.7. The zero-order chi connectivity index (χ0) is 46.7. The van der Waals surface area contributed by atoms with Gasteiger partial charge in [0.05, 0.1) is 71.3 Å². The quantitative estimate of drug-likeness (QED) is 0.0385. The fourth-order valence-corrected chi connectivity index (χ4v) is 7.54. The first-order chi connectivity index (χ1) is 29.9. The van der Waals surface area contributed by atoms with Gasteiger partial charge in [0.25, 0.3) is 0 Å². The molecule has 2 rings (SSSR count). The number of carboxylic acids is 6. The Bertz CT molecular complexity index is 1230. The molecule has 0 amide bonds. The summed E-state index contributed by atoms with van der Waals surface area (Å²) in [6.45, 7) is 3.05. The molecule has 0 aromatic heterocycles. The molecule has 2 atom stereocenters. The summed E-state index contributed by atoms with van der Waals surface area (Å²) in [7, 11) is 0. The molecule has 0 aliphatic carbocycles. The molecule has 0 saturated carbocycles. The maximum Gasteiger partial charge on any atom is 0.317 e. The van der Waals surface area contributed by atoms with Gasteiger partial charge in [-0.15, -0.1) is 0 Å². The molecule has 25 heteroatoms. The Morgan fingerprint density at radius 3 is 0.825 bits per heavy atom. The van der Waals surface area contributed by atoms with Gasteiger partial charge in [-0.05, 0) is 0 Å². The summed E-state index contributed by atoms with van der Waals surface area (Å²) in [5.41, 5.74) is 0. The highest BCUT2D eigenvalue weighted by molar-refractivity contribution is 5.70. The minimum atomic E-state index is -1.06. The van der Waals surface area contributed by atoms with Crippen molar-refractivity contribution in [1.82, 2.24) is 44.1 Å². The van der Waals surface area contributed by atoms with Crippen molar-refractivity contribution in [2.24, 2.45) is 0 Å². The molecular formula is C38H71N9O16. The summed E-state index contributed by atoms with van der Waals surface area (Å²) < 4.78 is 5.50. The van der Waals surface area contributed by atoms with Crippen molar-refractivity contribution >= 4 is 35.8 Å². The Hall–Kier alpha value is -3.70. The van der Waals surface area contributed by atoms with Gasteiger partial charge in [-0.2, -0.15) is 0 Å². The Balaban J connectivity index is 2.24. The van der Waals surface area contributed by atoms with E-state index >= 15 is 0 Å². The van der Waals surface area contributed by atoms with Crippen LogP contribution in [0.5, 0.6) is 0 Å². The number of hydrogen-bond acceptors (Lipinski definition) is 19. The van der Waals surface area contributed by atoms with Gasteiger partial charge in [0, 0.05) is 137 Å². The van der Waals surface area contributed by atoms with Crippen LogP contribution in [0.4, 0.5) is 0 Å². The first-order valence-electron chi connectivity index (χ1n) is 21.3. The Morgan fingerprint density at radius 2 is 0.619 bits per heavy atom. The molecule has 2 fully saturated rings. The number of ether oxygens (including phenoxy) is 1. The van der Waals surface area contributed by atoms with Gasteiger partial charge in [-0.3, -0.25) is 72.9 Å². The molecule has 25 nitrogen and oxygen atoms in total. The minimum absolute atomic E-state index is 0.0590. The van der Waals surface area contributed by atoms with Crippen LogP contribution < -0.4 is 0 Å². The zero-order valence-corrected chi connectivity index (χ0v) is 36.3. The second-order valence-corrected chi connectivity index (χ2v) is 16.0. The topological polar surface area (TPSA) is 323 Å². The third kappa shape index (κ3) is 27.3. The highest BCUT2D eigenvalue weighted by atomic mass is 16.5. The molecule has 2 saturated heterocycles. The van der Waals surface area contributed by atoms with Crippen LogP contribution in [0.3, 0.4) is 0 Å². The van der Waals surface area contributed by atoms with E-state index in [0.29, 0.717) is 26.2 Å². The van der Waals surface area contributed by atoms with E-state index in [0.717, 1.165) is 0 Å². The second-order valence-electron chi connectivity index (χ2n) is 16.0. The molecule has 2 unspecified atom stereocenters. The molecule has 0 spiro atoms. The maximum atomic E-state index is 11.7. The van der Waals surface area contributed by atoms with Gasteiger partial charge in [0.1, 0.15) is 0 Å². The Morgan fingerprint density at radius 1 is 0.397 bits per heavy atom. The summed E-state index contributed by atoms with van der Waals surface area (Å²) >= 11 is 0. The van der Waals surface area contributed by atoms with E-state index in [-0.39, 0.29) is 170 Å². The molecule has 0 aromatic rings. The van der Waals surface area contributed by atoms with Crippen LogP contribution in [0.1, 0.15) is 0 Å². The number of aliphatic hydroxyl groups is 3. The average Bonchev–Trinajstić information content (AvgIpc) is 3.17.